The van der Waals surface area contributed by atoms with E-state index in [9.17, 15) is 9.59 Å². The summed E-state index contributed by atoms with van der Waals surface area (Å²) >= 11 is 0. The minimum atomic E-state index is -0.225. The summed E-state index contributed by atoms with van der Waals surface area (Å²) in [6.07, 6.45) is 4.18. The van der Waals surface area contributed by atoms with E-state index in [0.29, 0.717) is 17.9 Å². The third-order valence-corrected chi connectivity index (χ3v) is 3.34. The van der Waals surface area contributed by atoms with Gasteiger partial charge in [0.2, 0.25) is 5.91 Å². The van der Waals surface area contributed by atoms with Crippen molar-refractivity contribution >= 4 is 23.5 Å². The lowest BCUT2D eigenvalue weighted by Crippen LogP contribution is -2.07. The molecule has 0 heterocycles. The average molecular weight is 323 g/mol. The Morgan fingerprint density at radius 2 is 1.71 bits per heavy atom. The average Bonchev–Trinajstić information content (AvgIpc) is 2.59. The number of anilines is 1. The minimum absolute atomic E-state index is 0.000800. The second kappa shape index (κ2) is 8.67. The van der Waals surface area contributed by atoms with Crippen molar-refractivity contribution in [2.75, 3.05) is 11.9 Å². The number of hydrogen-bond acceptors (Lipinski definition) is 3. The van der Waals surface area contributed by atoms with Crippen molar-refractivity contribution in [1.29, 1.82) is 0 Å². The van der Waals surface area contributed by atoms with Crippen molar-refractivity contribution in [1.82, 2.24) is 0 Å². The Hall–Kier alpha value is -2.88. The number of benzene rings is 2. The van der Waals surface area contributed by atoms with Gasteiger partial charge in [-0.25, -0.2) is 0 Å². The highest BCUT2D eigenvalue weighted by Gasteiger charge is 2.01. The normalized spacial score (nSPS) is 10.6. The largest absolute Gasteiger partial charge is 0.494 e. The van der Waals surface area contributed by atoms with Gasteiger partial charge in [0.25, 0.3) is 0 Å². The number of hydrogen-bond donors (Lipinski definition) is 1. The molecular formula is C20H21NO3. The van der Waals surface area contributed by atoms with Crippen LogP contribution in [0.1, 0.15) is 36.2 Å². The van der Waals surface area contributed by atoms with E-state index in [1.807, 2.05) is 24.3 Å². The molecule has 0 spiro atoms. The van der Waals surface area contributed by atoms with Crippen molar-refractivity contribution in [2.45, 2.75) is 20.3 Å². The third-order valence-electron chi connectivity index (χ3n) is 3.34. The van der Waals surface area contributed by atoms with Crippen molar-refractivity contribution < 1.29 is 14.3 Å². The summed E-state index contributed by atoms with van der Waals surface area (Å²) in [6.45, 7) is 4.26. The molecule has 1 N–H and O–H groups in total. The molecule has 24 heavy (non-hydrogen) atoms. The molecule has 0 aliphatic heterocycles. The van der Waals surface area contributed by atoms with E-state index in [4.69, 9.17) is 4.74 Å². The molecule has 0 radical (unpaired) electrons. The molecule has 2 aromatic rings. The molecule has 0 aliphatic carbocycles. The Kier molecular flexibility index (Phi) is 6.32. The summed E-state index contributed by atoms with van der Waals surface area (Å²) < 4.78 is 5.51. The van der Waals surface area contributed by atoms with Gasteiger partial charge in [-0.1, -0.05) is 19.1 Å². The van der Waals surface area contributed by atoms with Crippen LogP contribution in [0.15, 0.2) is 54.6 Å². The number of ketones is 1. The molecule has 0 aromatic heterocycles. The maximum atomic E-state index is 11.9. The van der Waals surface area contributed by atoms with Gasteiger partial charge >= 0.3 is 0 Å². The zero-order valence-corrected chi connectivity index (χ0v) is 13.9. The summed E-state index contributed by atoms with van der Waals surface area (Å²) in [5, 5.41) is 2.76. The van der Waals surface area contributed by atoms with E-state index >= 15 is 0 Å². The molecule has 0 unspecified atom stereocenters. The van der Waals surface area contributed by atoms with Crippen molar-refractivity contribution in [2.24, 2.45) is 0 Å². The SMILES string of the molecule is CCCOc1ccc(/C=C/C(=O)Nc2ccc(C(C)=O)cc2)cc1. The quantitative estimate of drug-likeness (QED) is 0.609. The van der Waals surface area contributed by atoms with Gasteiger partial charge in [0.05, 0.1) is 6.61 Å². The lowest BCUT2D eigenvalue weighted by atomic mass is 10.1. The van der Waals surface area contributed by atoms with E-state index in [-0.39, 0.29) is 11.7 Å². The van der Waals surface area contributed by atoms with E-state index < -0.39 is 0 Å². The number of Topliss-reactive ketones (excluding diaryl/α,β-unsaturated/α-hetero) is 1. The zero-order chi connectivity index (χ0) is 17.4. The molecule has 2 rings (SSSR count). The summed E-state index contributed by atoms with van der Waals surface area (Å²) in [6, 6.07) is 14.4. The molecular weight excluding hydrogens is 302 g/mol. The molecule has 124 valence electrons. The van der Waals surface area contributed by atoms with Crippen LogP contribution >= 0.6 is 0 Å². The van der Waals surface area contributed by atoms with Crippen LogP contribution in [0.4, 0.5) is 5.69 Å². The molecule has 4 heteroatoms. The number of nitrogens with one attached hydrogen (secondary N) is 1. The monoisotopic (exact) mass is 323 g/mol. The highest BCUT2D eigenvalue weighted by Crippen LogP contribution is 2.14. The van der Waals surface area contributed by atoms with Crippen molar-refractivity contribution in [3.8, 4) is 5.75 Å². The Balaban J connectivity index is 1.91. The van der Waals surface area contributed by atoms with Crippen LogP contribution in [0.5, 0.6) is 5.75 Å². The van der Waals surface area contributed by atoms with Crippen LogP contribution in [0.2, 0.25) is 0 Å². The number of carbonyl (C=O) groups excluding carboxylic acids is 2. The second-order valence-electron chi connectivity index (χ2n) is 5.37. The van der Waals surface area contributed by atoms with Gasteiger partial charge in [-0.15, -0.1) is 0 Å². The Morgan fingerprint density at radius 3 is 2.29 bits per heavy atom. The smallest absolute Gasteiger partial charge is 0.248 e. The lowest BCUT2D eigenvalue weighted by Gasteiger charge is -2.04. The number of ether oxygens (including phenoxy) is 1. The van der Waals surface area contributed by atoms with Crippen LogP contribution in [-0.4, -0.2) is 18.3 Å². The lowest BCUT2D eigenvalue weighted by molar-refractivity contribution is -0.111. The first-order valence-electron chi connectivity index (χ1n) is 7.91. The summed E-state index contributed by atoms with van der Waals surface area (Å²) in [5.74, 6) is 0.597. The van der Waals surface area contributed by atoms with Crippen LogP contribution < -0.4 is 10.1 Å². The molecule has 0 atom stereocenters. The molecule has 2 aromatic carbocycles. The van der Waals surface area contributed by atoms with Gasteiger partial charge in [0.15, 0.2) is 5.78 Å². The second-order valence-corrected chi connectivity index (χ2v) is 5.37. The van der Waals surface area contributed by atoms with Crippen LogP contribution in [-0.2, 0) is 4.79 Å². The topological polar surface area (TPSA) is 55.4 Å². The van der Waals surface area contributed by atoms with Gasteiger partial charge < -0.3 is 10.1 Å². The van der Waals surface area contributed by atoms with Gasteiger partial charge in [0.1, 0.15) is 5.75 Å². The maximum Gasteiger partial charge on any atom is 0.248 e. The molecule has 0 fully saturated rings. The van der Waals surface area contributed by atoms with Crippen LogP contribution in [0.3, 0.4) is 0 Å². The Bertz CT molecular complexity index is 716. The van der Waals surface area contributed by atoms with Gasteiger partial charge in [0, 0.05) is 17.3 Å². The van der Waals surface area contributed by atoms with Gasteiger partial charge in [-0.05, 0) is 61.4 Å². The number of carbonyl (C=O) groups is 2. The van der Waals surface area contributed by atoms with Crippen LogP contribution in [0.25, 0.3) is 6.08 Å². The molecule has 0 saturated heterocycles. The van der Waals surface area contributed by atoms with Crippen LogP contribution in [0, 0.1) is 0 Å². The first-order valence-corrected chi connectivity index (χ1v) is 7.91. The Labute approximate surface area is 142 Å². The summed E-state index contributed by atoms with van der Waals surface area (Å²) in [4.78, 5) is 23.1. The first kappa shape index (κ1) is 17.5. The maximum absolute atomic E-state index is 11.9. The molecule has 0 saturated carbocycles. The predicted molar refractivity (Wildman–Crippen MR) is 96.3 cm³/mol. The number of amides is 1. The molecule has 0 aliphatic rings. The summed E-state index contributed by atoms with van der Waals surface area (Å²) in [7, 11) is 0. The van der Waals surface area contributed by atoms with E-state index in [2.05, 4.69) is 12.2 Å². The standard InChI is InChI=1S/C20H21NO3/c1-3-14-24-19-11-4-16(5-12-19)6-13-20(23)21-18-9-7-17(8-10-18)15(2)22/h4-13H,3,14H2,1-2H3,(H,21,23)/b13-6+. The highest BCUT2D eigenvalue weighted by atomic mass is 16.5. The van der Waals surface area contributed by atoms with Crippen molar-refractivity contribution in [3.63, 3.8) is 0 Å². The highest BCUT2D eigenvalue weighted by molar-refractivity contribution is 6.02. The molecule has 4 nitrogen and oxygen atoms in total. The predicted octanol–water partition coefficient (Wildman–Crippen LogP) is 4.33. The first-order chi connectivity index (χ1) is 11.6. The van der Waals surface area contributed by atoms with E-state index in [0.717, 1.165) is 17.7 Å². The zero-order valence-electron chi connectivity index (χ0n) is 13.9. The van der Waals surface area contributed by atoms with E-state index in [1.165, 1.54) is 13.0 Å². The minimum Gasteiger partial charge on any atom is -0.494 e. The van der Waals surface area contributed by atoms with Crippen molar-refractivity contribution in [3.05, 3.63) is 65.7 Å². The van der Waals surface area contributed by atoms with Gasteiger partial charge in [-0.2, -0.15) is 0 Å². The molecule has 1 amide bonds. The molecule has 0 bridgehead atoms. The fourth-order valence-electron chi connectivity index (χ4n) is 2.04. The summed E-state index contributed by atoms with van der Waals surface area (Å²) in [5.41, 5.74) is 2.19. The Morgan fingerprint density at radius 1 is 1.04 bits per heavy atom. The third kappa shape index (κ3) is 5.39. The number of rotatable bonds is 7. The fraction of sp³-hybridized carbons (Fsp3) is 0.200. The fourth-order valence-corrected chi connectivity index (χ4v) is 2.04. The van der Waals surface area contributed by atoms with Gasteiger partial charge in [-0.3, -0.25) is 9.59 Å². The van der Waals surface area contributed by atoms with E-state index in [1.54, 1.807) is 30.3 Å².